The average Bonchev–Trinajstić information content (AvgIpc) is 2.36. The maximum atomic E-state index is 12.5. The Morgan fingerprint density at radius 2 is 1.84 bits per heavy atom. The van der Waals surface area contributed by atoms with Gasteiger partial charge in [0.1, 0.15) is 6.54 Å². The minimum absolute atomic E-state index is 0.176. The van der Waals surface area contributed by atoms with Crippen LogP contribution in [-0.4, -0.2) is 36.6 Å². The van der Waals surface area contributed by atoms with E-state index in [0.29, 0.717) is 31.7 Å². The molecule has 1 aliphatic rings. The van der Waals surface area contributed by atoms with E-state index in [0.717, 1.165) is 17.7 Å². The highest BCUT2D eigenvalue weighted by Crippen LogP contribution is 2.30. The van der Waals surface area contributed by atoms with E-state index in [1.807, 2.05) is 0 Å². The molecule has 6 heteroatoms. The number of hydrogen-bond donors (Lipinski definition) is 1. The summed E-state index contributed by atoms with van der Waals surface area (Å²) in [6, 6.07) is 0. The molecule has 1 fully saturated rings. The van der Waals surface area contributed by atoms with Crippen molar-refractivity contribution in [2.45, 2.75) is 45.2 Å². The van der Waals surface area contributed by atoms with Crippen molar-refractivity contribution in [3.63, 3.8) is 0 Å². The van der Waals surface area contributed by atoms with Crippen molar-refractivity contribution < 1.29 is 18.0 Å². The molecule has 1 aliphatic carbocycles. The second-order valence-electron chi connectivity index (χ2n) is 5.33. The third-order valence-electron chi connectivity index (χ3n) is 3.70. The number of carbonyl (C=O) groups is 1. The fourth-order valence-electron chi connectivity index (χ4n) is 2.66. The first kappa shape index (κ1) is 16.3. The van der Waals surface area contributed by atoms with Gasteiger partial charge in [-0.3, -0.25) is 4.79 Å². The first-order valence-corrected chi connectivity index (χ1v) is 6.93. The second kappa shape index (κ2) is 7.12. The van der Waals surface area contributed by atoms with Crippen LogP contribution >= 0.6 is 0 Å². The van der Waals surface area contributed by atoms with Crippen LogP contribution in [0.4, 0.5) is 13.2 Å². The highest BCUT2D eigenvalue weighted by Gasteiger charge is 2.36. The van der Waals surface area contributed by atoms with Crippen LogP contribution in [0.25, 0.3) is 0 Å². The van der Waals surface area contributed by atoms with Crippen molar-refractivity contribution in [2.75, 3.05) is 19.6 Å². The van der Waals surface area contributed by atoms with Crippen LogP contribution < -0.4 is 5.73 Å². The van der Waals surface area contributed by atoms with E-state index in [4.69, 9.17) is 5.73 Å². The molecule has 0 atom stereocenters. The lowest BCUT2D eigenvalue weighted by Gasteiger charge is -2.32. The van der Waals surface area contributed by atoms with Gasteiger partial charge in [-0.2, -0.15) is 13.2 Å². The zero-order valence-corrected chi connectivity index (χ0v) is 11.4. The molecule has 3 nitrogen and oxygen atoms in total. The van der Waals surface area contributed by atoms with Crippen LogP contribution in [0.5, 0.6) is 0 Å². The van der Waals surface area contributed by atoms with Crippen LogP contribution in [-0.2, 0) is 4.79 Å². The first-order valence-electron chi connectivity index (χ1n) is 6.93. The summed E-state index contributed by atoms with van der Waals surface area (Å²) in [5, 5.41) is 0. The standard InChI is InChI=1S/C13H23F3N2O/c1-2-7-18(9-13(14,15)16)12(19)11-5-3-10(8-17)4-6-11/h10-11H,2-9,17H2,1H3. The smallest absolute Gasteiger partial charge is 0.333 e. The second-order valence-corrected chi connectivity index (χ2v) is 5.33. The number of nitrogens with two attached hydrogens (primary N) is 1. The summed E-state index contributed by atoms with van der Waals surface area (Å²) in [5.41, 5.74) is 5.57. The van der Waals surface area contributed by atoms with Crippen LogP contribution in [0, 0.1) is 11.8 Å². The zero-order chi connectivity index (χ0) is 14.5. The Hall–Kier alpha value is -0.780. The number of rotatable bonds is 5. The van der Waals surface area contributed by atoms with Gasteiger partial charge in [0.15, 0.2) is 0 Å². The molecule has 112 valence electrons. The molecule has 0 radical (unpaired) electrons. The lowest BCUT2D eigenvalue weighted by Crippen LogP contribution is -2.43. The Balaban J connectivity index is 2.57. The van der Waals surface area contributed by atoms with Crippen LogP contribution in [0.2, 0.25) is 0 Å². The van der Waals surface area contributed by atoms with Gasteiger partial charge in [-0.1, -0.05) is 6.92 Å². The SMILES string of the molecule is CCCN(CC(F)(F)F)C(=O)C1CCC(CN)CC1. The largest absolute Gasteiger partial charge is 0.406 e. The maximum Gasteiger partial charge on any atom is 0.406 e. The van der Waals surface area contributed by atoms with Crippen molar-refractivity contribution in [2.24, 2.45) is 17.6 Å². The lowest BCUT2D eigenvalue weighted by atomic mass is 9.81. The zero-order valence-electron chi connectivity index (χ0n) is 11.4. The van der Waals surface area contributed by atoms with Gasteiger partial charge in [0.25, 0.3) is 0 Å². The number of nitrogens with zero attached hydrogens (tertiary/aromatic N) is 1. The predicted octanol–water partition coefficient (Wildman–Crippen LogP) is 2.55. The summed E-state index contributed by atoms with van der Waals surface area (Å²) in [4.78, 5) is 13.1. The van der Waals surface area contributed by atoms with E-state index in [2.05, 4.69) is 0 Å². The maximum absolute atomic E-state index is 12.5. The molecule has 1 amide bonds. The van der Waals surface area contributed by atoms with Crippen molar-refractivity contribution in [1.29, 1.82) is 0 Å². The third kappa shape index (κ3) is 5.38. The Bertz CT molecular complexity index is 286. The number of alkyl halides is 3. The summed E-state index contributed by atoms with van der Waals surface area (Å²) < 4.78 is 37.4. The average molecular weight is 280 g/mol. The molecule has 0 heterocycles. The molecule has 0 aromatic rings. The monoisotopic (exact) mass is 280 g/mol. The van der Waals surface area contributed by atoms with Gasteiger partial charge in [0.05, 0.1) is 0 Å². The summed E-state index contributed by atoms with van der Waals surface area (Å²) in [6.45, 7) is 1.43. The van der Waals surface area contributed by atoms with Crippen molar-refractivity contribution >= 4 is 5.91 Å². The van der Waals surface area contributed by atoms with Crippen molar-refractivity contribution in [3.05, 3.63) is 0 Å². The molecule has 1 saturated carbocycles. The van der Waals surface area contributed by atoms with E-state index in [9.17, 15) is 18.0 Å². The Kier molecular flexibility index (Phi) is 6.10. The molecule has 0 aliphatic heterocycles. The third-order valence-corrected chi connectivity index (χ3v) is 3.70. The van der Waals surface area contributed by atoms with Crippen LogP contribution in [0.15, 0.2) is 0 Å². The molecule has 0 bridgehead atoms. The quantitative estimate of drug-likeness (QED) is 0.841. The van der Waals surface area contributed by atoms with Gasteiger partial charge in [0, 0.05) is 12.5 Å². The number of halogens is 3. The highest BCUT2D eigenvalue weighted by atomic mass is 19.4. The molecule has 0 saturated heterocycles. The molecule has 2 N–H and O–H groups in total. The number of amides is 1. The van der Waals surface area contributed by atoms with Gasteiger partial charge in [0.2, 0.25) is 5.91 Å². The normalized spacial score (nSPS) is 24.3. The molecular formula is C13H23F3N2O. The molecule has 0 aromatic carbocycles. The first-order chi connectivity index (χ1) is 8.87. The Labute approximate surface area is 112 Å². The molecule has 0 spiro atoms. The van der Waals surface area contributed by atoms with Gasteiger partial charge in [-0.05, 0) is 44.6 Å². The minimum Gasteiger partial charge on any atom is -0.333 e. The summed E-state index contributed by atoms with van der Waals surface area (Å²) in [7, 11) is 0. The van der Waals surface area contributed by atoms with E-state index in [-0.39, 0.29) is 18.4 Å². The minimum atomic E-state index is -4.32. The van der Waals surface area contributed by atoms with Gasteiger partial charge < -0.3 is 10.6 Å². The molecule has 0 aromatic heterocycles. The van der Waals surface area contributed by atoms with E-state index in [1.54, 1.807) is 6.92 Å². The van der Waals surface area contributed by atoms with Gasteiger partial charge >= 0.3 is 6.18 Å². The van der Waals surface area contributed by atoms with Crippen molar-refractivity contribution in [3.8, 4) is 0 Å². The van der Waals surface area contributed by atoms with Gasteiger partial charge in [-0.15, -0.1) is 0 Å². The molecule has 1 rings (SSSR count). The van der Waals surface area contributed by atoms with Gasteiger partial charge in [-0.25, -0.2) is 0 Å². The predicted molar refractivity (Wildman–Crippen MR) is 67.4 cm³/mol. The lowest BCUT2D eigenvalue weighted by molar-refractivity contribution is -0.164. The van der Waals surface area contributed by atoms with Crippen LogP contribution in [0.1, 0.15) is 39.0 Å². The number of carbonyl (C=O) groups excluding carboxylic acids is 1. The van der Waals surface area contributed by atoms with E-state index >= 15 is 0 Å². The molecular weight excluding hydrogens is 257 g/mol. The van der Waals surface area contributed by atoms with Crippen molar-refractivity contribution in [1.82, 2.24) is 4.90 Å². The Morgan fingerprint density at radius 3 is 2.26 bits per heavy atom. The molecule has 19 heavy (non-hydrogen) atoms. The fraction of sp³-hybridized carbons (Fsp3) is 0.923. The Morgan fingerprint density at radius 1 is 1.26 bits per heavy atom. The summed E-state index contributed by atoms with van der Waals surface area (Å²) in [5.74, 6) is -0.169. The van der Waals surface area contributed by atoms with E-state index < -0.39 is 12.7 Å². The fourth-order valence-corrected chi connectivity index (χ4v) is 2.66. The summed E-state index contributed by atoms with van der Waals surface area (Å²) >= 11 is 0. The number of hydrogen-bond acceptors (Lipinski definition) is 2. The topological polar surface area (TPSA) is 46.3 Å². The summed E-state index contributed by atoms with van der Waals surface area (Å²) in [6.07, 6.45) is -0.755. The molecule has 0 unspecified atom stereocenters. The van der Waals surface area contributed by atoms with Crippen LogP contribution in [0.3, 0.4) is 0 Å². The highest BCUT2D eigenvalue weighted by molar-refractivity contribution is 5.79. The van der Waals surface area contributed by atoms with E-state index in [1.165, 1.54) is 0 Å².